The molecular weight excluding hydrogens is 398 g/mol. The lowest BCUT2D eigenvalue weighted by atomic mass is 10.2. The van der Waals surface area contributed by atoms with Crippen molar-refractivity contribution in [2.45, 2.75) is 43.2 Å². The Hall–Kier alpha value is -1.65. The maximum atomic E-state index is 12.1. The molecule has 1 amide bonds. The van der Waals surface area contributed by atoms with Gasteiger partial charge < -0.3 is 15.5 Å². The second kappa shape index (κ2) is 12.0. The lowest BCUT2D eigenvalue weighted by Crippen LogP contribution is -2.41. The predicted octanol–water partition coefficient (Wildman–Crippen LogP) is 1.37. The molecule has 0 aromatic carbocycles. The summed E-state index contributed by atoms with van der Waals surface area (Å²) in [6.45, 7) is 5.60. The van der Waals surface area contributed by atoms with Crippen molar-refractivity contribution in [3.8, 4) is 0 Å². The zero-order valence-corrected chi connectivity index (χ0v) is 18.1. The van der Waals surface area contributed by atoms with Gasteiger partial charge in [-0.15, -0.1) is 11.3 Å². The molecular formula is C18H31N5O3S2. The lowest BCUT2D eigenvalue weighted by Gasteiger charge is -2.20. The largest absolute Gasteiger partial charge is 0.357 e. The number of carbonyl (C=O) groups excluding carboxylic acids is 1. The van der Waals surface area contributed by atoms with Crippen molar-refractivity contribution in [2.24, 2.45) is 4.99 Å². The van der Waals surface area contributed by atoms with Crippen LogP contribution in [-0.2, 0) is 14.8 Å². The van der Waals surface area contributed by atoms with Crippen LogP contribution in [0.5, 0.6) is 0 Å². The van der Waals surface area contributed by atoms with Gasteiger partial charge in [0, 0.05) is 45.7 Å². The van der Waals surface area contributed by atoms with Gasteiger partial charge in [0.05, 0.1) is 0 Å². The van der Waals surface area contributed by atoms with Gasteiger partial charge in [-0.3, -0.25) is 9.79 Å². The zero-order chi connectivity index (χ0) is 20.2. The first-order chi connectivity index (χ1) is 13.5. The number of nitrogens with zero attached hydrogens (tertiary/aromatic N) is 2. The number of carbonyl (C=O) groups is 1. The Bertz CT molecular complexity index is 720. The Balaban J connectivity index is 1.70. The number of hydrogen-bond donors (Lipinski definition) is 3. The van der Waals surface area contributed by atoms with Gasteiger partial charge in [-0.25, -0.2) is 13.1 Å². The summed E-state index contributed by atoms with van der Waals surface area (Å²) in [4.78, 5) is 18.5. The number of thiophene rings is 1. The predicted molar refractivity (Wildman–Crippen MR) is 113 cm³/mol. The number of rotatable bonds is 10. The SMILES string of the molecule is CCNC(=NCCCN1CCCCCC1=O)NCCNS(=O)(=O)c1cccs1. The highest BCUT2D eigenvalue weighted by Gasteiger charge is 2.16. The molecule has 0 aliphatic carbocycles. The van der Waals surface area contributed by atoms with E-state index in [0.717, 1.165) is 45.3 Å². The fourth-order valence-corrected chi connectivity index (χ4v) is 4.99. The number of aliphatic imine (C=N–C) groups is 1. The minimum absolute atomic E-state index is 0.254. The van der Waals surface area contributed by atoms with Gasteiger partial charge in [0.25, 0.3) is 0 Å². The molecule has 2 heterocycles. The molecule has 1 aromatic heterocycles. The molecule has 1 aliphatic rings. The molecule has 0 atom stereocenters. The molecule has 10 heteroatoms. The van der Waals surface area contributed by atoms with E-state index < -0.39 is 10.0 Å². The summed E-state index contributed by atoms with van der Waals surface area (Å²) < 4.78 is 27.0. The zero-order valence-electron chi connectivity index (χ0n) is 16.4. The highest BCUT2D eigenvalue weighted by atomic mass is 32.2. The Labute approximate surface area is 171 Å². The van der Waals surface area contributed by atoms with Crippen LogP contribution in [0.4, 0.5) is 0 Å². The van der Waals surface area contributed by atoms with E-state index in [1.54, 1.807) is 17.5 Å². The number of amides is 1. The molecule has 1 aromatic rings. The van der Waals surface area contributed by atoms with Crippen LogP contribution in [0.25, 0.3) is 0 Å². The maximum Gasteiger partial charge on any atom is 0.250 e. The van der Waals surface area contributed by atoms with Crippen LogP contribution in [0.2, 0.25) is 0 Å². The quantitative estimate of drug-likeness (QED) is 0.296. The van der Waals surface area contributed by atoms with Crippen LogP contribution in [0.15, 0.2) is 26.7 Å². The summed E-state index contributed by atoms with van der Waals surface area (Å²) in [6.07, 6.45) is 4.69. The number of likely N-dealkylation sites (tertiary alicyclic amines) is 1. The van der Waals surface area contributed by atoms with E-state index in [1.807, 2.05) is 11.8 Å². The normalized spacial score (nSPS) is 16.1. The maximum absolute atomic E-state index is 12.1. The van der Waals surface area contributed by atoms with E-state index in [4.69, 9.17) is 0 Å². The topological polar surface area (TPSA) is 103 Å². The Morgan fingerprint density at radius 2 is 2.11 bits per heavy atom. The summed E-state index contributed by atoms with van der Waals surface area (Å²) in [6, 6.07) is 3.30. The van der Waals surface area contributed by atoms with Crippen molar-refractivity contribution < 1.29 is 13.2 Å². The third-order valence-electron chi connectivity index (χ3n) is 4.34. The number of hydrogen-bond acceptors (Lipinski definition) is 5. The van der Waals surface area contributed by atoms with Crippen LogP contribution in [0.1, 0.15) is 39.0 Å². The van der Waals surface area contributed by atoms with Gasteiger partial charge in [0.15, 0.2) is 5.96 Å². The van der Waals surface area contributed by atoms with E-state index >= 15 is 0 Å². The molecule has 0 unspecified atom stereocenters. The van der Waals surface area contributed by atoms with E-state index in [2.05, 4.69) is 20.3 Å². The standard InChI is InChI=1S/C18H31N5O3S2/c1-2-19-18(20-10-7-14-23-13-5-3-4-8-16(23)24)21-11-12-22-28(25,26)17-9-6-15-27-17/h6,9,15,22H,2-5,7-8,10-14H2,1H3,(H2,19,20,21). The molecule has 1 fully saturated rings. The molecule has 0 saturated carbocycles. The van der Waals surface area contributed by atoms with Gasteiger partial charge in [-0.1, -0.05) is 12.5 Å². The molecule has 8 nitrogen and oxygen atoms in total. The molecule has 0 bridgehead atoms. The minimum atomic E-state index is -3.44. The molecule has 28 heavy (non-hydrogen) atoms. The second-order valence-electron chi connectivity index (χ2n) is 6.56. The fraction of sp³-hybridized carbons (Fsp3) is 0.667. The average Bonchev–Trinajstić information content (AvgIpc) is 3.14. The van der Waals surface area contributed by atoms with Crippen LogP contribution < -0.4 is 15.4 Å². The van der Waals surface area contributed by atoms with Crippen LogP contribution in [-0.4, -0.2) is 64.5 Å². The minimum Gasteiger partial charge on any atom is -0.357 e. The second-order valence-corrected chi connectivity index (χ2v) is 9.50. The van der Waals surface area contributed by atoms with Crippen molar-refractivity contribution in [3.63, 3.8) is 0 Å². The number of sulfonamides is 1. The van der Waals surface area contributed by atoms with E-state index in [-0.39, 0.29) is 12.5 Å². The molecule has 2 rings (SSSR count). The monoisotopic (exact) mass is 429 g/mol. The van der Waals surface area contributed by atoms with Crippen LogP contribution in [0.3, 0.4) is 0 Å². The molecule has 0 spiro atoms. The average molecular weight is 430 g/mol. The first kappa shape index (κ1) is 22.6. The van der Waals surface area contributed by atoms with E-state index in [1.165, 1.54) is 11.3 Å². The first-order valence-electron chi connectivity index (χ1n) is 9.86. The van der Waals surface area contributed by atoms with Gasteiger partial charge in [-0.05, 0) is 37.6 Å². The van der Waals surface area contributed by atoms with Crippen molar-refractivity contribution >= 4 is 33.2 Å². The van der Waals surface area contributed by atoms with Gasteiger partial charge >= 0.3 is 0 Å². The molecule has 1 saturated heterocycles. The Morgan fingerprint density at radius 1 is 1.25 bits per heavy atom. The highest BCUT2D eigenvalue weighted by Crippen LogP contribution is 2.14. The van der Waals surface area contributed by atoms with Crippen LogP contribution in [0, 0.1) is 0 Å². The third kappa shape index (κ3) is 7.76. The Kier molecular flexibility index (Phi) is 9.72. The third-order valence-corrected chi connectivity index (χ3v) is 7.20. The van der Waals surface area contributed by atoms with Crippen molar-refractivity contribution in [1.29, 1.82) is 0 Å². The highest BCUT2D eigenvalue weighted by molar-refractivity contribution is 7.91. The molecule has 0 radical (unpaired) electrons. The van der Waals surface area contributed by atoms with E-state index in [9.17, 15) is 13.2 Å². The molecule has 1 aliphatic heterocycles. The molecule has 3 N–H and O–H groups in total. The van der Waals surface area contributed by atoms with E-state index in [0.29, 0.717) is 29.7 Å². The smallest absolute Gasteiger partial charge is 0.250 e. The van der Waals surface area contributed by atoms with Gasteiger partial charge in [0.2, 0.25) is 15.9 Å². The summed E-state index contributed by atoms with van der Waals surface area (Å²) in [5, 5.41) is 8.02. The van der Waals surface area contributed by atoms with Crippen molar-refractivity contribution in [2.75, 3.05) is 39.3 Å². The van der Waals surface area contributed by atoms with Crippen molar-refractivity contribution in [3.05, 3.63) is 17.5 Å². The summed E-state index contributed by atoms with van der Waals surface area (Å²) in [7, 11) is -3.44. The number of nitrogens with one attached hydrogen (secondary N) is 3. The summed E-state index contributed by atoms with van der Waals surface area (Å²) >= 11 is 1.19. The van der Waals surface area contributed by atoms with Crippen molar-refractivity contribution in [1.82, 2.24) is 20.3 Å². The van der Waals surface area contributed by atoms with Gasteiger partial charge in [-0.2, -0.15) is 0 Å². The lowest BCUT2D eigenvalue weighted by molar-refractivity contribution is -0.130. The first-order valence-corrected chi connectivity index (χ1v) is 12.2. The van der Waals surface area contributed by atoms with Gasteiger partial charge in [0.1, 0.15) is 4.21 Å². The summed E-state index contributed by atoms with van der Waals surface area (Å²) in [5.74, 6) is 0.907. The molecule has 158 valence electrons. The van der Waals surface area contributed by atoms with Crippen LogP contribution >= 0.6 is 11.3 Å². The fourth-order valence-electron chi connectivity index (χ4n) is 2.92. The summed E-state index contributed by atoms with van der Waals surface area (Å²) in [5.41, 5.74) is 0. The number of guanidine groups is 1. The Morgan fingerprint density at radius 3 is 2.86 bits per heavy atom.